The molecule has 0 aromatic carbocycles. The van der Waals surface area contributed by atoms with Gasteiger partial charge < -0.3 is 0 Å². The molecule has 0 heterocycles. The second-order valence-electron chi connectivity index (χ2n) is 7.52. The topological polar surface area (TPSA) is 0 Å². The SMILES string of the molecule is CCCC(CCC(CC)(CC)CC)CC(C)(C)C. The molecule has 1 atom stereocenters. The van der Waals surface area contributed by atoms with Crippen LogP contribution in [0.5, 0.6) is 0 Å². The Morgan fingerprint density at radius 1 is 0.778 bits per heavy atom. The van der Waals surface area contributed by atoms with Crippen LogP contribution in [-0.2, 0) is 0 Å². The Labute approximate surface area is 117 Å². The summed E-state index contributed by atoms with van der Waals surface area (Å²) in [6, 6.07) is 0. The molecule has 0 heteroatoms. The lowest BCUT2D eigenvalue weighted by Gasteiger charge is -2.34. The molecule has 0 saturated heterocycles. The van der Waals surface area contributed by atoms with Crippen LogP contribution in [0.15, 0.2) is 0 Å². The molecule has 0 nitrogen and oxygen atoms in total. The molecule has 0 N–H and O–H groups in total. The first kappa shape index (κ1) is 18.0. The van der Waals surface area contributed by atoms with Crippen molar-refractivity contribution in [2.45, 2.75) is 99.8 Å². The van der Waals surface area contributed by atoms with Gasteiger partial charge in [-0.15, -0.1) is 0 Å². The van der Waals surface area contributed by atoms with E-state index in [2.05, 4.69) is 48.5 Å². The average Bonchev–Trinajstić information content (AvgIpc) is 2.30. The molecule has 110 valence electrons. The summed E-state index contributed by atoms with van der Waals surface area (Å²) in [6.07, 6.45) is 11.1. The highest BCUT2D eigenvalue weighted by Gasteiger charge is 2.26. The van der Waals surface area contributed by atoms with Crippen LogP contribution in [0.4, 0.5) is 0 Å². The van der Waals surface area contributed by atoms with Crippen LogP contribution in [0.3, 0.4) is 0 Å². The fraction of sp³-hybridized carbons (Fsp3) is 1.00. The third-order valence-corrected chi connectivity index (χ3v) is 4.93. The standard InChI is InChI=1S/C18H38/c1-8-12-16(15-17(5,6)7)13-14-18(9-2,10-3)11-4/h16H,8-15H2,1-7H3. The molecular weight excluding hydrogens is 216 g/mol. The highest BCUT2D eigenvalue weighted by atomic mass is 14.3. The Morgan fingerprint density at radius 2 is 1.28 bits per heavy atom. The van der Waals surface area contributed by atoms with Crippen LogP contribution < -0.4 is 0 Å². The molecule has 0 aliphatic heterocycles. The zero-order chi connectivity index (χ0) is 14.2. The van der Waals surface area contributed by atoms with Crippen molar-refractivity contribution >= 4 is 0 Å². The molecule has 0 aromatic rings. The van der Waals surface area contributed by atoms with Gasteiger partial charge in [-0.05, 0) is 36.0 Å². The van der Waals surface area contributed by atoms with Gasteiger partial charge in [0.2, 0.25) is 0 Å². The molecule has 0 spiro atoms. The third-order valence-electron chi connectivity index (χ3n) is 4.93. The van der Waals surface area contributed by atoms with E-state index in [1.807, 2.05) is 0 Å². The van der Waals surface area contributed by atoms with E-state index in [1.54, 1.807) is 0 Å². The highest BCUT2D eigenvalue weighted by molar-refractivity contribution is 4.78. The molecule has 0 fully saturated rings. The molecule has 0 radical (unpaired) electrons. The summed E-state index contributed by atoms with van der Waals surface area (Å²) in [5, 5.41) is 0. The molecule has 0 aliphatic carbocycles. The summed E-state index contributed by atoms with van der Waals surface area (Å²) in [5.41, 5.74) is 1.12. The molecule has 0 bridgehead atoms. The molecule has 18 heavy (non-hydrogen) atoms. The molecule has 0 amide bonds. The Balaban J connectivity index is 4.41. The van der Waals surface area contributed by atoms with Crippen LogP contribution in [0.25, 0.3) is 0 Å². The quantitative estimate of drug-likeness (QED) is 0.423. The van der Waals surface area contributed by atoms with Gasteiger partial charge in [0, 0.05) is 0 Å². The van der Waals surface area contributed by atoms with Crippen molar-refractivity contribution in [2.75, 3.05) is 0 Å². The van der Waals surface area contributed by atoms with Crippen LogP contribution in [-0.4, -0.2) is 0 Å². The predicted molar refractivity (Wildman–Crippen MR) is 85.0 cm³/mol. The number of rotatable bonds is 9. The van der Waals surface area contributed by atoms with Gasteiger partial charge >= 0.3 is 0 Å². The highest BCUT2D eigenvalue weighted by Crippen LogP contribution is 2.39. The fourth-order valence-electron chi connectivity index (χ4n) is 3.41. The first-order chi connectivity index (χ1) is 8.32. The third kappa shape index (κ3) is 6.81. The summed E-state index contributed by atoms with van der Waals surface area (Å²) >= 11 is 0. The van der Waals surface area contributed by atoms with E-state index in [1.165, 1.54) is 51.4 Å². The molecule has 0 aliphatic rings. The van der Waals surface area contributed by atoms with Crippen molar-refractivity contribution in [1.29, 1.82) is 0 Å². The van der Waals surface area contributed by atoms with Crippen molar-refractivity contribution in [3.63, 3.8) is 0 Å². The normalized spacial score (nSPS) is 14.8. The molecule has 0 rings (SSSR count). The molecule has 0 saturated carbocycles. The minimum atomic E-state index is 0.493. The fourth-order valence-corrected chi connectivity index (χ4v) is 3.41. The van der Waals surface area contributed by atoms with Gasteiger partial charge in [-0.3, -0.25) is 0 Å². The zero-order valence-electron chi connectivity index (χ0n) is 14.2. The van der Waals surface area contributed by atoms with Gasteiger partial charge in [-0.1, -0.05) is 80.6 Å². The number of hydrogen-bond donors (Lipinski definition) is 0. The lowest BCUT2D eigenvalue weighted by molar-refractivity contribution is 0.183. The summed E-state index contributed by atoms with van der Waals surface area (Å²) in [5.74, 6) is 0.944. The van der Waals surface area contributed by atoms with E-state index < -0.39 is 0 Å². The van der Waals surface area contributed by atoms with Gasteiger partial charge in [0.15, 0.2) is 0 Å². The lowest BCUT2D eigenvalue weighted by Crippen LogP contribution is -2.21. The van der Waals surface area contributed by atoms with E-state index in [0.29, 0.717) is 10.8 Å². The molecular formula is C18H38. The largest absolute Gasteiger partial charge is 0.0654 e. The Kier molecular flexibility index (Phi) is 8.23. The summed E-state index contributed by atoms with van der Waals surface area (Å²) < 4.78 is 0. The van der Waals surface area contributed by atoms with Gasteiger partial charge in [-0.25, -0.2) is 0 Å². The van der Waals surface area contributed by atoms with Crippen LogP contribution in [0, 0.1) is 16.7 Å². The van der Waals surface area contributed by atoms with Crippen molar-refractivity contribution in [2.24, 2.45) is 16.7 Å². The number of hydrogen-bond acceptors (Lipinski definition) is 0. The summed E-state index contributed by atoms with van der Waals surface area (Å²) in [4.78, 5) is 0. The van der Waals surface area contributed by atoms with Crippen LogP contribution >= 0.6 is 0 Å². The van der Waals surface area contributed by atoms with Gasteiger partial charge in [0.05, 0.1) is 0 Å². The van der Waals surface area contributed by atoms with E-state index in [4.69, 9.17) is 0 Å². The maximum absolute atomic E-state index is 2.39. The average molecular weight is 255 g/mol. The maximum atomic E-state index is 2.39. The van der Waals surface area contributed by atoms with Crippen molar-refractivity contribution in [1.82, 2.24) is 0 Å². The summed E-state index contributed by atoms with van der Waals surface area (Å²) in [7, 11) is 0. The maximum Gasteiger partial charge on any atom is -0.0305 e. The van der Waals surface area contributed by atoms with E-state index in [0.717, 1.165) is 5.92 Å². The lowest BCUT2D eigenvalue weighted by atomic mass is 9.72. The van der Waals surface area contributed by atoms with E-state index >= 15 is 0 Å². The van der Waals surface area contributed by atoms with Crippen molar-refractivity contribution in [3.8, 4) is 0 Å². The zero-order valence-corrected chi connectivity index (χ0v) is 14.2. The second-order valence-corrected chi connectivity index (χ2v) is 7.52. The second kappa shape index (κ2) is 8.23. The van der Waals surface area contributed by atoms with Crippen molar-refractivity contribution < 1.29 is 0 Å². The monoisotopic (exact) mass is 254 g/mol. The summed E-state index contributed by atoms with van der Waals surface area (Å²) in [6.45, 7) is 16.7. The molecule has 0 aromatic heterocycles. The first-order valence-electron chi connectivity index (χ1n) is 8.32. The van der Waals surface area contributed by atoms with Crippen molar-refractivity contribution in [3.05, 3.63) is 0 Å². The minimum Gasteiger partial charge on any atom is -0.0654 e. The van der Waals surface area contributed by atoms with Gasteiger partial charge in [0.25, 0.3) is 0 Å². The Hall–Kier alpha value is 0. The first-order valence-corrected chi connectivity index (χ1v) is 8.32. The van der Waals surface area contributed by atoms with E-state index in [9.17, 15) is 0 Å². The minimum absolute atomic E-state index is 0.493. The van der Waals surface area contributed by atoms with Gasteiger partial charge in [-0.2, -0.15) is 0 Å². The van der Waals surface area contributed by atoms with Crippen LogP contribution in [0.1, 0.15) is 99.8 Å². The predicted octanol–water partition coefficient (Wildman–Crippen LogP) is 6.84. The van der Waals surface area contributed by atoms with Crippen LogP contribution in [0.2, 0.25) is 0 Å². The smallest absolute Gasteiger partial charge is 0.0305 e. The Morgan fingerprint density at radius 3 is 1.61 bits per heavy atom. The molecule has 1 unspecified atom stereocenters. The van der Waals surface area contributed by atoms with Gasteiger partial charge in [0.1, 0.15) is 0 Å². The van der Waals surface area contributed by atoms with E-state index in [-0.39, 0.29) is 0 Å². The Bertz CT molecular complexity index is 184.